The van der Waals surface area contributed by atoms with Crippen LogP contribution in [0.3, 0.4) is 0 Å². The van der Waals surface area contributed by atoms with Crippen LogP contribution in [-0.4, -0.2) is 47.8 Å². The molecule has 4 amide bonds. The van der Waals surface area contributed by atoms with E-state index in [9.17, 15) is 14.4 Å². The number of carbonyl (C=O) groups excluding carboxylic acids is 3. The number of likely N-dealkylation sites (N-methyl/N-ethyl adjacent to an activating group) is 2. The van der Waals surface area contributed by atoms with Crippen molar-refractivity contribution in [3.05, 3.63) is 35.9 Å². The Morgan fingerprint density at radius 2 is 1.82 bits per heavy atom. The minimum atomic E-state index is -1.61. The van der Waals surface area contributed by atoms with Gasteiger partial charge in [-0.25, -0.2) is 4.79 Å². The average molecular weight is 303 g/mol. The molecule has 1 fully saturated rings. The lowest BCUT2D eigenvalue weighted by atomic mass is 9.87. The first-order valence-electron chi connectivity index (χ1n) is 7.45. The lowest BCUT2D eigenvalue weighted by molar-refractivity contribution is -0.143. The van der Waals surface area contributed by atoms with Crippen LogP contribution in [0.2, 0.25) is 0 Å². The number of rotatable bonds is 5. The Labute approximate surface area is 130 Å². The Morgan fingerprint density at radius 3 is 2.36 bits per heavy atom. The molecular weight excluding hydrogens is 282 g/mol. The molecule has 1 atom stereocenters. The van der Waals surface area contributed by atoms with Gasteiger partial charge in [0.1, 0.15) is 0 Å². The maximum atomic E-state index is 12.8. The highest BCUT2D eigenvalue weighted by Gasteiger charge is 2.61. The topological polar surface area (TPSA) is 69.7 Å². The number of hydrogen-bond donors (Lipinski definition) is 1. The highest BCUT2D eigenvalue weighted by molar-refractivity contribution is 6.20. The van der Waals surface area contributed by atoms with Crippen molar-refractivity contribution in [1.82, 2.24) is 15.1 Å². The van der Waals surface area contributed by atoms with Gasteiger partial charge in [-0.15, -0.1) is 0 Å². The molecule has 1 N–H and O–H groups in total. The summed E-state index contributed by atoms with van der Waals surface area (Å²) < 4.78 is 0. The monoisotopic (exact) mass is 303 g/mol. The van der Waals surface area contributed by atoms with Crippen LogP contribution in [0.5, 0.6) is 0 Å². The summed E-state index contributed by atoms with van der Waals surface area (Å²) in [7, 11) is 1.41. The van der Waals surface area contributed by atoms with Gasteiger partial charge in [-0.05, 0) is 18.9 Å². The highest BCUT2D eigenvalue weighted by atomic mass is 16.2. The summed E-state index contributed by atoms with van der Waals surface area (Å²) in [5.41, 5.74) is -1.10. The molecule has 0 spiro atoms. The highest BCUT2D eigenvalue weighted by Crippen LogP contribution is 2.37. The predicted molar refractivity (Wildman–Crippen MR) is 82.0 cm³/mol. The standard InChI is InChI=1S/C16H21N3O3/c1-4-11-19-15(22)18(3)14(21)16(19,13(20)17-5-2)12-9-7-6-8-10-12/h6-10H,4-5,11H2,1-3H3,(H,17,20). The molecular formula is C16H21N3O3. The van der Waals surface area contributed by atoms with E-state index in [1.165, 1.54) is 11.9 Å². The fourth-order valence-electron chi connectivity index (χ4n) is 2.85. The summed E-state index contributed by atoms with van der Waals surface area (Å²) in [5, 5.41) is 2.71. The second-order valence-electron chi connectivity index (χ2n) is 5.23. The van der Waals surface area contributed by atoms with Gasteiger partial charge in [-0.3, -0.25) is 19.4 Å². The molecule has 1 aromatic rings. The fraction of sp³-hybridized carbons (Fsp3) is 0.438. The second-order valence-corrected chi connectivity index (χ2v) is 5.23. The van der Waals surface area contributed by atoms with Crippen LogP contribution in [0.1, 0.15) is 25.8 Å². The maximum Gasteiger partial charge on any atom is 0.328 e. The zero-order valence-electron chi connectivity index (χ0n) is 13.1. The van der Waals surface area contributed by atoms with Crippen LogP contribution in [0.4, 0.5) is 4.79 Å². The van der Waals surface area contributed by atoms with Gasteiger partial charge in [0.05, 0.1) is 0 Å². The lowest BCUT2D eigenvalue weighted by Gasteiger charge is -2.34. The quantitative estimate of drug-likeness (QED) is 0.659. The molecule has 6 nitrogen and oxygen atoms in total. The van der Waals surface area contributed by atoms with Crippen molar-refractivity contribution in [2.24, 2.45) is 0 Å². The molecule has 6 heteroatoms. The van der Waals surface area contributed by atoms with Crippen molar-refractivity contribution in [2.75, 3.05) is 20.1 Å². The van der Waals surface area contributed by atoms with Gasteiger partial charge in [-0.1, -0.05) is 37.3 Å². The summed E-state index contributed by atoms with van der Waals surface area (Å²) in [6, 6.07) is 8.31. The number of hydrogen-bond acceptors (Lipinski definition) is 3. The minimum Gasteiger partial charge on any atom is -0.354 e. The van der Waals surface area contributed by atoms with Crippen LogP contribution in [-0.2, 0) is 15.1 Å². The first-order chi connectivity index (χ1) is 10.5. The van der Waals surface area contributed by atoms with Crippen molar-refractivity contribution in [1.29, 1.82) is 0 Å². The smallest absolute Gasteiger partial charge is 0.328 e. The Balaban J connectivity index is 2.68. The first kappa shape index (κ1) is 16.0. The third kappa shape index (κ3) is 2.15. The molecule has 0 bridgehead atoms. The Morgan fingerprint density at radius 1 is 1.18 bits per heavy atom. The van der Waals surface area contributed by atoms with Crippen molar-refractivity contribution in [3.63, 3.8) is 0 Å². The van der Waals surface area contributed by atoms with E-state index in [4.69, 9.17) is 0 Å². The van der Waals surface area contributed by atoms with Crippen LogP contribution in [0.25, 0.3) is 0 Å². The van der Waals surface area contributed by atoms with E-state index < -0.39 is 23.4 Å². The molecule has 2 rings (SSSR count). The zero-order valence-corrected chi connectivity index (χ0v) is 13.1. The molecule has 1 heterocycles. The van der Waals surface area contributed by atoms with Crippen molar-refractivity contribution >= 4 is 17.8 Å². The molecule has 0 aromatic heterocycles. The SMILES string of the molecule is CCCN1C(=O)N(C)C(=O)C1(C(=O)NCC)c1ccccc1. The van der Waals surface area contributed by atoms with Crippen LogP contribution in [0, 0.1) is 0 Å². The number of imide groups is 1. The largest absolute Gasteiger partial charge is 0.354 e. The van der Waals surface area contributed by atoms with Crippen LogP contribution >= 0.6 is 0 Å². The lowest BCUT2D eigenvalue weighted by Crippen LogP contribution is -2.57. The Kier molecular flexibility index (Phi) is 4.49. The average Bonchev–Trinajstić information content (AvgIpc) is 2.71. The minimum absolute atomic E-state index is 0.334. The van der Waals surface area contributed by atoms with E-state index in [2.05, 4.69) is 5.32 Å². The first-order valence-corrected chi connectivity index (χ1v) is 7.45. The van der Waals surface area contributed by atoms with E-state index in [0.29, 0.717) is 25.1 Å². The van der Waals surface area contributed by atoms with Gasteiger partial charge in [0.2, 0.25) is 5.54 Å². The van der Waals surface area contributed by atoms with Crippen LogP contribution < -0.4 is 5.32 Å². The second kappa shape index (κ2) is 6.17. The molecule has 1 aliphatic heterocycles. The van der Waals surface area contributed by atoms with Gasteiger partial charge >= 0.3 is 6.03 Å². The van der Waals surface area contributed by atoms with E-state index in [-0.39, 0.29) is 0 Å². The molecule has 0 aliphatic carbocycles. The number of nitrogens with zero attached hydrogens (tertiary/aromatic N) is 2. The van der Waals surface area contributed by atoms with Crippen molar-refractivity contribution in [2.45, 2.75) is 25.8 Å². The van der Waals surface area contributed by atoms with Gasteiger partial charge in [0.25, 0.3) is 11.8 Å². The van der Waals surface area contributed by atoms with E-state index in [1.54, 1.807) is 31.2 Å². The molecule has 1 aromatic carbocycles. The maximum absolute atomic E-state index is 12.8. The van der Waals surface area contributed by atoms with Gasteiger partial charge in [-0.2, -0.15) is 0 Å². The zero-order chi connectivity index (χ0) is 16.3. The fourth-order valence-corrected chi connectivity index (χ4v) is 2.85. The van der Waals surface area contributed by atoms with Gasteiger partial charge in [0.15, 0.2) is 0 Å². The molecule has 0 radical (unpaired) electrons. The summed E-state index contributed by atoms with van der Waals surface area (Å²) in [6.45, 7) is 4.41. The van der Waals surface area contributed by atoms with E-state index in [0.717, 1.165) is 4.90 Å². The van der Waals surface area contributed by atoms with E-state index >= 15 is 0 Å². The van der Waals surface area contributed by atoms with Crippen molar-refractivity contribution in [3.8, 4) is 0 Å². The molecule has 0 saturated carbocycles. The van der Waals surface area contributed by atoms with Crippen molar-refractivity contribution < 1.29 is 14.4 Å². The molecule has 1 aliphatic rings. The summed E-state index contributed by atoms with van der Waals surface area (Å²) in [6.07, 6.45) is 0.654. The van der Waals surface area contributed by atoms with Crippen LogP contribution in [0.15, 0.2) is 30.3 Å². The van der Waals surface area contributed by atoms with E-state index in [1.807, 2.05) is 13.0 Å². The summed E-state index contributed by atoms with van der Waals surface area (Å²) >= 11 is 0. The van der Waals surface area contributed by atoms with Gasteiger partial charge < -0.3 is 5.32 Å². The summed E-state index contributed by atoms with van der Waals surface area (Å²) in [4.78, 5) is 40.5. The third-order valence-corrected chi connectivity index (χ3v) is 3.84. The number of amides is 4. The summed E-state index contributed by atoms with van der Waals surface area (Å²) in [5.74, 6) is -0.972. The Hall–Kier alpha value is -2.37. The molecule has 118 valence electrons. The number of nitrogens with one attached hydrogen (secondary N) is 1. The number of benzene rings is 1. The van der Waals surface area contributed by atoms with Gasteiger partial charge in [0, 0.05) is 20.1 Å². The Bertz CT molecular complexity index is 588. The molecule has 1 saturated heterocycles. The molecule has 1 unspecified atom stereocenters. The predicted octanol–water partition coefficient (Wildman–Crippen LogP) is 1.32. The third-order valence-electron chi connectivity index (χ3n) is 3.84. The normalized spacial score (nSPS) is 21.4. The number of carbonyl (C=O) groups is 3. The molecule has 22 heavy (non-hydrogen) atoms. The number of urea groups is 1.